The molecule has 2 atom stereocenters. The van der Waals surface area contributed by atoms with E-state index < -0.39 is 6.04 Å². The number of carbonyl (C=O) groups excluding carboxylic acids is 2. The van der Waals surface area contributed by atoms with E-state index in [-0.39, 0.29) is 30.3 Å². The van der Waals surface area contributed by atoms with Crippen molar-refractivity contribution in [2.75, 3.05) is 6.54 Å². The molecule has 0 aliphatic carbocycles. The standard InChI is InChI=1S/C14H19N3O2/c1-9(2)13-14(19)17(8-12(18)16-13)10(3)11-6-4-5-7-15-11/h4-7,9-10,13H,8H2,1-3H3,(H,16,18). The second-order valence-electron chi connectivity index (χ2n) is 5.19. The first-order valence-electron chi connectivity index (χ1n) is 6.51. The van der Waals surface area contributed by atoms with Crippen LogP contribution in [0.3, 0.4) is 0 Å². The molecule has 0 bridgehead atoms. The molecule has 2 amide bonds. The van der Waals surface area contributed by atoms with Crippen LogP contribution in [0, 0.1) is 5.92 Å². The van der Waals surface area contributed by atoms with Gasteiger partial charge in [-0.15, -0.1) is 0 Å². The van der Waals surface area contributed by atoms with Gasteiger partial charge >= 0.3 is 0 Å². The van der Waals surface area contributed by atoms with E-state index in [0.29, 0.717) is 0 Å². The lowest BCUT2D eigenvalue weighted by Gasteiger charge is -2.37. The molecule has 2 unspecified atom stereocenters. The van der Waals surface area contributed by atoms with Crippen LogP contribution in [0.5, 0.6) is 0 Å². The molecule has 1 aromatic heterocycles. The highest BCUT2D eigenvalue weighted by Crippen LogP contribution is 2.22. The van der Waals surface area contributed by atoms with E-state index >= 15 is 0 Å². The summed E-state index contributed by atoms with van der Waals surface area (Å²) in [5.74, 6) is -0.0657. The zero-order valence-corrected chi connectivity index (χ0v) is 11.5. The zero-order chi connectivity index (χ0) is 14.0. The Bertz CT molecular complexity index is 473. The number of hydrogen-bond donors (Lipinski definition) is 1. The molecule has 5 nitrogen and oxygen atoms in total. The number of piperazine rings is 1. The molecule has 0 saturated carbocycles. The molecule has 1 aliphatic rings. The average Bonchev–Trinajstić information content (AvgIpc) is 2.41. The lowest BCUT2D eigenvalue weighted by atomic mass is 9.99. The maximum atomic E-state index is 12.4. The summed E-state index contributed by atoms with van der Waals surface area (Å²) >= 11 is 0. The van der Waals surface area contributed by atoms with Crippen molar-refractivity contribution in [3.05, 3.63) is 30.1 Å². The quantitative estimate of drug-likeness (QED) is 0.887. The van der Waals surface area contributed by atoms with Crippen LogP contribution in [0.25, 0.3) is 0 Å². The van der Waals surface area contributed by atoms with Gasteiger partial charge in [-0.05, 0) is 25.0 Å². The van der Waals surface area contributed by atoms with Gasteiger partial charge in [0.2, 0.25) is 11.8 Å². The van der Waals surface area contributed by atoms with Crippen molar-refractivity contribution in [2.45, 2.75) is 32.9 Å². The van der Waals surface area contributed by atoms with Gasteiger partial charge in [-0.2, -0.15) is 0 Å². The Morgan fingerprint density at radius 1 is 1.32 bits per heavy atom. The third-order valence-electron chi connectivity index (χ3n) is 3.43. The minimum absolute atomic E-state index is 0.0345. The number of nitrogens with zero attached hydrogens (tertiary/aromatic N) is 2. The summed E-state index contributed by atoms with van der Waals surface area (Å²) < 4.78 is 0. The Balaban J connectivity index is 2.23. The minimum atomic E-state index is -0.438. The summed E-state index contributed by atoms with van der Waals surface area (Å²) in [4.78, 5) is 30.0. The molecule has 0 aromatic carbocycles. The lowest BCUT2D eigenvalue weighted by Crippen LogP contribution is -2.60. The van der Waals surface area contributed by atoms with Crippen molar-refractivity contribution in [3.63, 3.8) is 0 Å². The van der Waals surface area contributed by atoms with E-state index in [1.807, 2.05) is 39.0 Å². The Labute approximate surface area is 113 Å². The summed E-state index contributed by atoms with van der Waals surface area (Å²) in [6.45, 7) is 5.85. The zero-order valence-electron chi connectivity index (χ0n) is 11.5. The Kier molecular flexibility index (Phi) is 3.83. The molecule has 5 heteroatoms. The average molecular weight is 261 g/mol. The normalized spacial score (nSPS) is 21.5. The maximum absolute atomic E-state index is 12.4. The maximum Gasteiger partial charge on any atom is 0.246 e. The summed E-state index contributed by atoms with van der Waals surface area (Å²) in [5, 5.41) is 2.75. The van der Waals surface area contributed by atoms with Crippen LogP contribution in [0.1, 0.15) is 32.5 Å². The van der Waals surface area contributed by atoms with Gasteiger partial charge in [-0.25, -0.2) is 0 Å². The van der Waals surface area contributed by atoms with Crippen molar-refractivity contribution >= 4 is 11.8 Å². The van der Waals surface area contributed by atoms with Gasteiger partial charge in [-0.3, -0.25) is 14.6 Å². The summed E-state index contributed by atoms with van der Waals surface area (Å²) in [6, 6.07) is 4.95. The monoisotopic (exact) mass is 261 g/mol. The molecule has 1 N–H and O–H groups in total. The van der Waals surface area contributed by atoms with Crippen LogP contribution >= 0.6 is 0 Å². The fraction of sp³-hybridized carbons (Fsp3) is 0.500. The molecule has 1 aliphatic heterocycles. The predicted molar refractivity (Wildman–Crippen MR) is 71.1 cm³/mol. The third-order valence-corrected chi connectivity index (χ3v) is 3.43. The largest absolute Gasteiger partial charge is 0.343 e. The van der Waals surface area contributed by atoms with Crippen LogP contribution in [-0.2, 0) is 9.59 Å². The van der Waals surface area contributed by atoms with E-state index in [0.717, 1.165) is 5.69 Å². The van der Waals surface area contributed by atoms with Crippen molar-refractivity contribution in [3.8, 4) is 0 Å². The molecule has 0 spiro atoms. The van der Waals surface area contributed by atoms with Crippen LogP contribution in [0.2, 0.25) is 0 Å². The van der Waals surface area contributed by atoms with Crippen molar-refractivity contribution in [2.24, 2.45) is 5.92 Å². The number of pyridine rings is 1. The summed E-state index contributed by atoms with van der Waals surface area (Å²) in [7, 11) is 0. The van der Waals surface area contributed by atoms with Gasteiger partial charge in [0.05, 0.1) is 11.7 Å². The molecule has 102 valence electrons. The highest BCUT2D eigenvalue weighted by atomic mass is 16.2. The second-order valence-corrected chi connectivity index (χ2v) is 5.19. The van der Waals surface area contributed by atoms with Gasteiger partial charge in [0.25, 0.3) is 0 Å². The van der Waals surface area contributed by atoms with E-state index in [2.05, 4.69) is 10.3 Å². The molecule has 1 saturated heterocycles. The van der Waals surface area contributed by atoms with Crippen LogP contribution < -0.4 is 5.32 Å². The van der Waals surface area contributed by atoms with Crippen molar-refractivity contribution in [1.82, 2.24) is 15.2 Å². The fourth-order valence-electron chi connectivity index (χ4n) is 2.25. The van der Waals surface area contributed by atoms with E-state index in [1.54, 1.807) is 11.1 Å². The van der Waals surface area contributed by atoms with Gasteiger partial charge in [0.15, 0.2) is 0 Å². The van der Waals surface area contributed by atoms with Gasteiger partial charge < -0.3 is 10.2 Å². The van der Waals surface area contributed by atoms with Crippen molar-refractivity contribution < 1.29 is 9.59 Å². The molecule has 0 radical (unpaired) electrons. The first-order valence-corrected chi connectivity index (χ1v) is 6.51. The Morgan fingerprint density at radius 3 is 2.63 bits per heavy atom. The second kappa shape index (κ2) is 5.38. The molecule has 1 fully saturated rings. The number of carbonyl (C=O) groups is 2. The van der Waals surface area contributed by atoms with Gasteiger partial charge in [0.1, 0.15) is 12.6 Å². The number of amides is 2. The Hall–Kier alpha value is -1.91. The Morgan fingerprint density at radius 2 is 2.05 bits per heavy atom. The van der Waals surface area contributed by atoms with Gasteiger partial charge in [-0.1, -0.05) is 19.9 Å². The van der Waals surface area contributed by atoms with E-state index in [4.69, 9.17) is 0 Å². The van der Waals surface area contributed by atoms with Crippen LogP contribution in [0.15, 0.2) is 24.4 Å². The SMILES string of the molecule is CC(C)C1NC(=O)CN(C(C)c2ccccn2)C1=O. The molecule has 2 rings (SSSR count). The lowest BCUT2D eigenvalue weighted by molar-refractivity contribution is -0.147. The molecule has 1 aromatic rings. The third kappa shape index (κ3) is 2.75. The molecule has 19 heavy (non-hydrogen) atoms. The predicted octanol–water partition coefficient (Wildman–Crippen LogP) is 1.13. The highest BCUT2D eigenvalue weighted by molar-refractivity contribution is 5.95. The smallest absolute Gasteiger partial charge is 0.246 e. The molecular formula is C14H19N3O2. The highest BCUT2D eigenvalue weighted by Gasteiger charge is 2.37. The fourth-order valence-corrected chi connectivity index (χ4v) is 2.25. The number of rotatable bonds is 3. The molecule has 2 heterocycles. The number of aromatic nitrogens is 1. The summed E-state index contributed by atoms with van der Waals surface area (Å²) in [5.41, 5.74) is 0.799. The topological polar surface area (TPSA) is 62.3 Å². The van der Waals surface area contributed by atoms with E-state index in [1.165, 1.54) is 0 Å². The number of hydrogen-bond acceptors (Lipinski definition) is 3. The van der Waals surface area contributed by atoms with E-state index in [9.17, 15) is 9.59 Å². The van der Waals surface area contributed by atoms with Gasteiger partial charge in [0, 0.05) is 6.20 Å². The van der Waals surface area contributed by atoms with Crippen molar-refractivity contribution in [1.29, 1.82) is 0 Å². The van der Waals surface area contributed by atoms with Crippen LogP contribution in [-0.4, -0.2) is 34.3 Å². The number of nitrogens with one attached hydrogen (secondary N) is 1. The summed E-state index contributed by atoms with van der Waals surface area (Å²) in [6.07, 6.45) is 1.69. The first kappa shape index (κ1) is 13.5. The molecular weight excluding hydrogens is 242 g/mol. The van der Waals surface area contributed by atoms with Crippen LogP contribution in [0.4, 0.5) is 0 Å². The minimum Gasteiger partial charge on any atom is -0.343 e. The first-order chi connectivity index (χ1) is 9.00.